The fourth-order valence-electron chi connectivity index (χ4n) is 2.81. The number of aromatic nitrogens is 4. The lowest BCUT2D eigenvalue weighted by Crippen LogP contribution is -2.51. The predicted octanol–water partition coefficient (Wildman–Crippen LogP) is 1.09. The number of hydrogen-bond acceptors (Lipinski definition) is 5. The summed E-state index contributed by atoms with van der Waals surface area (Å²) < 4.78 is 1.52. The fraction of sp³-hybridized carbons (Fsp3) is 0.429. The van der Waals surface area contributed by atoms with Crippen LogP contribution >= 0.6 is 12.4 Å². The topological polar surface area (TPSA) is 98.7 Å². The minimum absolute atomic E-state index is 0. The lowest BCUT2D eigenvalue weighted by atomic mass is 9.97. The molecule has 1 aliphatic carbocycles. The molecule has 1 aliphatic rings. The molecule has 8 heteroatoms. The molecule has 0 bridgehead atoms. The van der Waals surface area contributed by atoms with Crippen molar-refractivity contribution in [3.63, 3.8) is 0 Å². The van der Waals surface area contributed by atoms with Crippen LogP contribution in [0.5, 0.6) is 0 Å². The van der Waals surface area contributed by atoms with E-state index in [4.69, 9.17) is 5.73 Å². The van der Waals surface area contributed by atoms with Gasteiger partial charge in [-0.15, -0.1) is 17.5 Å². The Labute approximate surface area is 134 Å². The van der Waals surface area contributed by atoms with Gasteiger partial charge in [0.1, 0.15) is 6.33 Å². The first-order valence-corrected chi connectivity index (χ1v) is 7.08. The third-order valence-electron chi connectivity index (χ3n) is 4.05. The van der Waals surface area contributed by atoms with Crippen LogP contribution in [-0.4, -0.2) is 38.2 Å². The second-order valence-corrected chi connectivity index (χ2v) is 5.45. The predicted molar refractivity (Wildman–Crippen MR) is 84.1 cm³/mol. The molecule has 2 aromatic rings. The summed E-state index contributed by atoms with van der Waals surface area (Å²) in [6, 6.07) is 7.21. The van der Waals surface area contributed by atoms with Gasteiger partial charge in [-0.3, -0.25) is 4.79 Å². The molecule has 1 aromatic heterocycles. The van der Waals surface area contributed by atoms with E-state index in [9.17, 15) is 4.79 Å². The Morgan fingerprint density at radius 3 is 2.77 bits per heavy atom. The van der Waals surface area contributed by atoms with Crippen LogP contribution in [0.15, 0.2) is 30.6 Å². The molecule has 118 valence electrons. The lowest BCUT2D eigenvalue weighted by Gasteiger charge is -2.28. The molecule has 0 spiro atoms. The Kier molecular flexibility index (Phi) is 5.10. The number of nitrogens with two attached hydrogens (primary N) is 1. The molecule has 22 heavy (non-hydrogen) atoms. The van der Waals surface area contributed by atoms with Crippen molar-refractivity contribution in [2.45, 2.75) is 31.2 Å². The van der Waals surface area contributed by atoms with Gasteiger partial charge in [-0.2, -0.15) is 0 Å². The lowest BCUT2D eigenvalue weighted by molar-refractivity contribution is 0.0903. The Morgan fingerprint density at radius 2 is 2.14 bits per heavy atom. The van der Waals surface area contributed by atoms with E-state index in [1.807, 2.05) is 12.1 Å². The zero-order chi connectivity index (χ0) is 14.7. The van der Waals surface area contributed by atoms with Gasteiger partial charge in [-0.1, -0.05) is 18.9 Å². The van der Waals surface area contributed by atoms with E-state index in [0.717, 1.165) is 31.4 Å². The number of amides is 1. The summed E-state index contributed by atoms with van der Waals surface area (Å²) in [4.78, 5) is 12.5. The summed E-state index contributed by atoms with van der Waals surface area (Å²) in [5, 5.41) is 14.1. The van der Waals surface area contributed by atoms with E-state index in [0.29, 0.717) is 12.1 Å². The Bertz CT molecular complexity index is 624. The molecule has 7 nitrogen and oxygen atoms in total. The highest BCUT2D eigenvalue weighted by atomic mass is 35.5. The first kappa shape index (κ1) is 16.4. The summed E-state index contributed by atoms with van der Waals surface area (Å²) in [6.45, 7) is 0.478. The number of nitrogens with zero attached hydrogens (tertiary/aromatic N) is 4. The van der Waals surface area contributed by atoms with Crippen molar-refractivity contribution >= 4 is 18.3 Å². The van der Waals surface area contributed by atoms with Gasteiger partial charge in [0.05, 0.1) is 11.2 Å². The number of tetrazole rings is 1. The second-order valence-electron chi connectivity index (χ2n) is 5.45. The first-order chi connectivity index (χ1) is 10.2. The molecular weight excluding hydrogens is 304 g/mol. The van der Waals surface area contributed by atoms with Gasteiger partial charge < -0.3 is 11.1 Å². The maximum atomic E-state index is 12.5. The van der Waals surface area contributed by atoms with Gasteiger partial charge in [0, 0.05) is 12.1 Å². The van der Waals surface area contributed by atoms with Crippen LogP contribution in [0.4, 0.5) is 0 Å². The Balaban J connectivity index is 0.00000176. The molecule has 0 saturated heterocycles. The SMILES string of the molecule is Cl.NCC1(NC(=O)c2cccc(-n3cnnn3)c2)CCCC1. The summed E-state index contributed by atoms with van der Waals surface area (Å²) in [5.41, 5.74) is 6.95. The normalized spacial score (nSPS) is 16.0. The minimum atomic E-state index is -0.248. The Hall–Kier alpha value is -1.99. The monoisotopic (exact) mass is 322 g/mol. The number of carbonyl (C=O) groups is 1. The first-order valence-electron chi connectivity index (χ1n) is 7.08. The fourth-order valence-corrected chi connectivity index (χ4v) is 2.81. The minimum Gasteiger partial charge on any atom is -0.345 e. The highest BCUT2D eigenvalue weighted by Crippen LogP contribution is 2.29. The highest BCUT2D eigenvalue weighted by Gasteiger charge is 2.34. The van der Waals surface area contributed by atoms with Gasteiger partial charge >= 0.3 is 0 Å². The number of rotatable bonds is 4. The number of halogens is 1. The largest absolute Gasteiger partial charge is 0.345 e. The summed E-state index contributed by atoms with van der Waals surface area (Å²) in [6.07, 6.45) is 5.61. The van der Waals surface area contributed by atoms with Crippen LogP contribution in [0.2, 0.25) is 0 Å². The van der Waals surface area contributed by atoms with Gasteiger partial charge in [0.25, 0.3) is 5.91 Å². The van der Waals surface area contributed by atoms with E-state index < -0.39 is 0 Å². The molecule has 0 radical (unpaired) electrons. The van der Waals surface area contributed by atoms with Gasteiger partial charge in [0.15, 0.2) is 0 Å². The van der Waals surface area contributed by atoms with Gasteiger partial charge in [-0.05, 0) is 41.5 Å². The van der Waals surface area contributed by atoms with Crippen LogP contribution in [0, 0.1) is 0 Å². The van der Waals surface area contributed by atoms with Crippen molar-refractivity contribution < 1.29 is 4.79 Å². The van der Waals surface area contributed by atoms with Crippen molar-refractivity contribution in [3.05, 3.63) is 36.2 Å². The van der Waals surface area contributed by atoms with E-state index in [2.05, 4.69) is 20.8 Å². The van der Waals surface area contributed by atoms with E-state index >= 15 is 0 Å². The van der Waals surface area contributed by atoms with Crippen molar-refractivity contribution in [2.75, 3.05) is 6.54 Å². The zero-order valence-electron chi connectivity index (χ0n) is 12.1. The molecule has 1 heterocycles. The third kappa shape index (κ3) is 3.26. The van der Waals surface area contributed by atoms with E-state index in [1.54, 1.807) is 12.1 Å². The number of hydrogen-bond donors (Lipinski definition) is 2. The Morgan fingerprint density at radius 1 is 1.36 bits per heavy atom. The van der Waals surface area contributed by atoms with Gasteiger partial charge in [-0.25, -0.2) is 4.68 Å². The maximum absolute atomic E-state index is 12.5. The smallest absolute Gasteiger partial charge is 0.251 e. The van der Waals surface area contributed by atoms with Crippen LogP contribution in [-0.2, 0) is 0 Å². The molecule has 1 aromatic carbocycles. The zero-order valence-corrected chi connectivity index (χ0v) is 12.9. The van der Waals surface area contributed by atoms with Crippen LogP contribution < -0.4 is 11.1 Å². The van der Waals surface area contributed by atoms with Crippen molar-refractivity contribution in [3.8, 4) is 5.69 Å². The van der Waals surface area contributed by atoms with Crippen LogP contribution in [0.25, 0.3) is 5.69 Å². The summed E-state index contributed by atoms with van der Waals surface area (Å²) >= 11 is 0. The molecule has 0 atom stereocenters. The number of nitrogens with one attached hydrogen (secondary N) is 1. The number of carbonyl (C=O) groups excluding carboxylic acids is 1. The van der Waals surface area contributed by atoms with Crippen molar-refractivity contribution in [1.82, 2.24) is 25.5 Å². The third-order valence-corrected chi connectivity index (χ3v) is 4.05. The average Bonchev–Trinajstić information content (AvgIpc) is 3.19. The number of benzene rings is 1. The molecule has 3 rings (SSSR count). The van der Waals surface area contributed by atoms with Crippen LogP contribution in [0.1, 0.15) is 36.0 Å². The standard InChI is InChI=1S/C14H18N6O.ClH/c15-9-14(6-1-2-7-14)17-13(21)11-4-3-5-12(8-11)20-10-16-18-19-20;/h3-5,8,10H,1-2,6-7,9,15H2,(H,17,21);1H. The van der Waals surface area contributed by atoms with E-state index in [-0.39, 0.29) is 23.9 Å². The van der Waals surface area contributed by atoms with Gasteiger partial charge in [0.2, 0.25) is 0 Å². The molecule has 3 N–H and O–H groups in total. The molecule has 0 aliphatic heterocycles. The maximum Gasteiger partial charge on any atom is 0.251 e. The highest BCUT2D eigenvalue weighted by molar-refractivity contribution is 5.95. The second kappa shape index (κ2) is 6.85. The van der Waals surface area contributed by atoms with Crippen molar-refractivity contribution in [1.29, 1.82) is 0 Å². The molecule has 1 fully saturated rings. The summed E-state index contributed by atoms with van der Waals surface area (Å²) in [7, 11) is 0. The summed E-state index contributed by atoms with van der Waals surface area (Å²) in [5.74, 6) is -0.0997. The molecule has 1 saturated carbocycles. The molecule has 1 amide bonds. The van der Waals surface area contributed by atoms with Crippen molar-refractivity contribution in [2.24, 2.45) is 5.73 Å². The van der Waals surface area contributed by atoms with Crippen LogP contribution in [0.3, 0.4) is 0 Å². The molecule has 0 unspecified atom stereocenters. The molecular formula is C14H19ClN6O. The quantitative estimate of drug-likeness (QED) is 0.877. The average molecular weight is 323 g/mol. The van der Waals surface area contributed by atoms with E-state index in [1.165, 1.54) is 11.0 Å².